The summed E-state index contributed by atoms with van der Waals surface area (Å²) in [5.74, 6) is 0.175. The van der Waals surface area contributed by atoms with Crippen molar-refractivity contribution >= 4 is 28.8 Å². The van der Waals surface area contributed by atoms with E-state index in [1.165, 1.54) is 11.8 Å². The molecule has 0 saturated carbocycles. The van der Waals surface area contributed by atoms with Gasteiger partial charge in [0.1, 0.15) is 5.75 Å². The number of esters is 1. The van der Waals surface area contributed by atoms with Gasteiger partial charge in [-0.05, 0) is 38.2 Å². The molecule has 3 aliphatic heterocycles. The van der Waals surface area contributed by atoms with Crippen molar-refractivity contribution in [1.82, 2.24) is 9.80 Å². The second-order valence-corrected chi connectivity index (χ2v) is 8.11. The van der Waals surface area contributed by atoms with Gasteiger partial charge in [0.2, 0.25) is 0 Å². The average molecular weight is 428 g/mol. The molecule has 0 spiro atoms. The first-order valence-electron chi connectivity index (χ1n) is 10.2. The lowest BCUT2D eigenvalue weighted by molar-refractivity contribution is -0.139. The molecule has 3 aliphatic rings. The van der Waals surface area contributed by atoms with E-state index in [0.29, 0.717) is 17.0 Å². The lowest BCUT2D eigenvalue weighted by atomic mass is 9.94. The van der Waals surface area contributed by atoms with Gasteiger partial charge >= 0.3 is 5.97 Å². The van der Waals surface area contributed by atoms with Crippen LogP contribution in [0, 0.1) is 0 Å². The van der Waals surface area contributed by atoms with E-state index in [-0.39, 0.29) is 19.1 Å². The van der Waals surface area contributed by atoms with E-state index in [4.69, 9.17) is 9.47 Å². The van der Waals surface area contributed by atoms with Gasteiger partial charge in [0, 0.05) is 24.9 Å². The van der Waals surface area contributed by atoms with Crippen LogP contribution in [-0.4, -0.2) is 53.1 Å². The predicted octanol–water partition coefficient (Wildman–Crippen LogP) is 3.46. The molecule has 0 unspecified atom stereocenters. The molecule has 1 fully saturated rings. The number of allylic oxidation sites excluding steroid dienone is 1. The number of ether oxygens (including phenoxy) is 2. The Hall–Kier alpha value is -2.74. The maximum atomic E-state index is 12.8. The Balaban J connectivity index is 1.65. The minimum atomic E-state index is -0.430. The number of benzene rings is 1. The number of amides is 1. The van der Waals surface area contributed by atoms with Gasteiger partial charge in [0.25, 0.3) is 5.91 Å². The SMILES string of the molecule is CCOC(=O)C1=C(C)N=C2SC=CN2[C@@H]1c1ccccc1OCC(=O)N1CCCC1. The van der Waals surface area contributed by atoms with Gasteiger partial charge in [0.05, 0.1) is 23.9 Å². The Labute approximate surface area is 180 Å². The summed E-state index contributed by atoms with van der Waals surface area (Å²) < 4.78 is 11.3. The molecule has 1 aromatic rings. The first kappa shape index (κ1) is 20.5. The number of amidine groups is 1. The van der Waals surface area contributed by atoms with Crippen LogP contribution in [0.2, 0.25) is 0 Å². The number of carbonyl (C=O) groups is 2. The number of fused-ring (bicyclic) bond motifs is 1. The van der Waals surface area contributed by atoms with Crippen LogP contribution < -0.4 is 4.74 Å². The fourth-order valence-electron chi connectivity index (χ4n) is 3.91. The predicted molar refractivity (Wildman–Crippen MR) is 116 cm³/mol. The molecular weight excluding hydrogens is 402 g/mol. The minimum absolute atomic E-state index is 0.0119. The van der Waals surface area contributed by atoms with Crippen molar-refractivity contribution in [3.05, 3.63) is 52.7 Å². The molecule has 0 aromatic heterocycles. The zero-order valence-electron chi connectivity index (χ0n) is 17.2. The van der Waals surface area contributed by atoms with Crippen molar-refractivity contribution in [2.75, 3.05) is 26.3 Å². The van der Waals surface area contributed by atoms with Crippen molar-refractivity contribution in [1.29, 1.82) is 0 Å². The average Bonchev–Trinajstić information content (AvgIpc) is 3.43. The van der Waals surface area contributed by atoms with E-state index in [2.05, 4.69) is 4.99 Å². The van der Waals surface area contributed by atoms with Crippen LogP contribution in [0.1, 0.15) is 38.3 Å². The van der Waals surface area contributed by atoms with Crippen molar-refractivity contribution in [2.24, 2.45) is 4.99 Å². The van der Waals surface area contributed by atoms with Gasteiger partial charge in [-0.1, -0.05) is 30.0 Å². The number of hydrogen-bond acceptors (Lipinski definition) is 7. The summed E-state index contributed by atoms with van der Waals surface area (Å²) in [5, 5.41) is 2.74. The third kappa shape index (κ3) is 3.96. The van der Waals surface area contributed by atoms with E-state index < -0.39 is 12.0 Å². The second kappa shape index (κ2) is 8.95. The summed E-state index contributed by atoms with van der Waals surface area (Å²) >= 11 is 1.50. The molecule has 1 amide bonds. The summed E-state index contributed by atoms with van der Waals surface area (Å²) in [7, 11) is 0. The zero-order valence-corrected chi connectivity index (χ0v) is 18.0. The first-order chi connectivity index (χ1) is 14.6. The maximum Gasteiger partial charge on any atom is 0.338 e. The Kier molecular flexibility index (Phi) is 6.13. The van der Waals surface area contributed by atoms with Gasteiger partial charge < -0.3 is 19.3 Å². The highest BCUT2D eigenvalue weighted by atomic mass is 32.2. The molecule has 1 aromatic carbocycles. The molecule has 7 nitrogen and oxygen atoms in total. The van der Waals surface area contributed by atoms with Gasteiger partial charge in [-0.25, -0.2) is 9.79 Å². The molecule has 0 bridgehead atoms. The molecule has 1 atom stereocenters. The molecule has 158 valence electrons. The highest BCUT2D eigenvalue weighted by Gasteiger charge is 2.38. The zero-order chi connectivity index (χ0) is 21.1. The van der Waals surface area contributed by atoms with Gasteiger partial charge in [-0.3, -0.25) is 4.79 Å². The largest absolute Gasteiger partial charge is 0.483 e. The number of thioether (sulfide) groups is 1. The van der Waals surface area contributed by atoms with Crippen LogP contribution in [0.5, 0.6) is 5.75 Å². The fourth-order valence-corrected chi connectivity index (χ4v) is 4.70. The highest BCUT2D eigenvalue weighted by molar-refractivity contribution is 8.16. The van der Waals surface area contributed by atoms with Gasteiger partial charge in [-0.2, -0.15) is 0 Å². The second-order valence-electron chi connectivity index (χ2n) is 7.24. The quantitative estimate of drug-likeness (QED) is 0.648. The topological polar surface area (TPSA) is 71.4 Å². The molecule has 0 aliphatic carbocycles. The minimum Gasteiger partial charge on any atom is -0.483 e. The van der Waals surface area contributed by atoms with Crippen molar-refractivity contribution in [2.45, 2.75) is 32.7 Å². The monoisotopic (exact) mass is 427 g/mol. The van der Waals surface area contributed by atoms with Crippen LogP contribution in [0.15, 0.2) is 52.1 Å². The first-order valence-corrected chi connectivity index (χ1v) is 11.1. The van der Waals surface area contributed by atoms with E-state index in [1.54, 1.807) is 6.92 Å². The molecule has 0 N–H and O–H groups in total. The van der Waals surface area contributed by atoms with E-state index >= 15 is 0 Å². The summed E-state index contributed by atoms with van der Waals surface area (Å²) in [6, 6.07) is 7.10. The van der Waals surface area contributed by atoms with Crippen LogP contribution >= 0.6 is 11.8 Å². The lowest BCUT2D eigenvalue weighted by Gasteiger charge is -2.34. The summed E-state index contributed by atoms with van der Waals surface area (Å²) in [6.45, 7) is 5.45. The fraction of sp³-hybridized carbons (Fsp3) is 0.409. The van der Waals surface area contributed by atoms with Gasteiger partial charge in [-0.15, -0.1) is 0 Å². The third-order valence-corrected chi connectivity index (χ3v) is 6.11. The molecule has 3 heterocycles. The van der Waals surface area contributed by atoms with Crippen molar-refractivity contribution in [3.8, 4) is 5.75 Å². The van der Waals surface area contributed by atoms with E-state index in [9.17, 15) is 9.59 Å². The Morgan fingerprint density at radius 3 is 2.77 bits per heavy atom. The molecule has 1 saturated heterocycles. The number of para-hydroxylation sites is 1. The van der Waals surface area contributed by atoms with E-state index in [0.717, 1.165) is 36.7 Å². The lowest BCUT2D eigenvalue weighted by Crippen LogP contribution is -2.35. The van der Waals surface area contributed by atoms with Crippen molar-refractivity contribution in [3.63, 3.8) is 0 Å². The molecular formula is C22H25N3O4S. The van der Waals surface area contributed by atoms with E-state index in [1.807, 2.05) is 52.6 Å². The Morgan fingerprint density at radius 1 is 1.23 bits per heavy atom. The Bertz CT molecular complexity index is 934. The third-order valence-electron chi connectivity index (χ3n) is 5.34. The smallest absolute Gasteiger partial charge is 0.338 e. The van der Waals surface area contributed by atoms with Gasteiger partial charge in [0.15, 0.2) is 11.8 Å². The standard InChI is InChI=1S/C22H25N3O4S/c1-3-28-21(27)19-15(2)23-22-25(12-13-30-22)20(19)16-8-4-5-9-17(16)29-14-18(26)24-10-6-7-11-24/h4-5,8-9,12-13,20H,3,6-7,10-11,14H2,1-2H3/t20-/m1/s1. The highest BCUT2D eigenvalue weighted by Crippen LogP contribution is 2.43. The number of hydrogen-bond donors (Lipinski definition) is 0. The molecule has 30 heavy (non-hydrogen) atoms. The van der Waals surface area contributed by atoms with Crippen LogP contribution in [0.25, 0.3) is 0 Å². The molecule has 4 rings (SSSR count). The van der Waals surface area contributed by atoms with Crippen molar-refractivity contribution < 1.29 is 19.1 Å². The number of aliphatic imine (C=N–C) groups is 1. The van der Waals surface area contributed by atoms with Crippen LogP contribution in [0.4, 0.5) is 0 Å². The number of nitrogens with zero attached hydrogens (tertiary/aromatic N) is 3. The summed E-state index contributed by atoms with van der Waals surface area (Å²) in [5.41, 5.74) is 1.91. The maximum absolute atomic E-state index is 12.8. The summed E-state index contributed by atoms with van der Waals surface area (Å²) in [4.78, 5) is 33.7. The number of likely N-dealkylation sites (tertiary alicyclic amines) is 1. The molecule has 0 radical (unpaired) electrons. The Morgan fingerprint density at radius 2 is 2.00 bits per heavy atom. The summed E-state index contributed by atoms with van der Waals surface area (Å²) in [6.07, 6.45) is 3.99. The number of carbonyl (C=O) groups excluding carboxylic acids is 2. The molecule has 8 heteroatoms. The van der Waals surface area contributed by atoms with Crippen LogP contribution in [0.3, 0.4) is 0 Å². The normalized spacial score (nSPS) is 20.3. The van der Waals surface area contributed by atoms with Crippen LogP contribution in [-0.2, 0) is 14.3 Å². The number of rotatable bonds is 6.